The number of aromatic amines is 2. The first-order valence-electron chi connectivity index (χ1n) is 10.9. The molecule has 0 aliphatic heterocycles. The van der Waals surface area contributed by atoms with E-state index in [0.29, 0.717) is 0 Å². The van der Waals surface area contributed by atoms with E-state index in [2.05, 4.69) is 30.3 Å². The van der Waals surface area contributed by atoms with E-state index in [0.717, 1.165) is 20.4 Å². The summed E-state index contributed by atoms with van der Waals surface area (Å²) in [6.07, 6.45) is 0. The van der Waals surface area contributed by atoms with Gasteiger partial charge < -0.3 is 15.6 Å². The monoisotopic (exact) mass is 522 g/mol. The van der Waals surface area contributed by atoms with Crippen molar-refractivity contribution in [3.8, 4) is 5.69 Å². The van der Waals surface area contributed by atoms with Gasteiger partial charge in [0.2, 0.25) is 0 Å². The van der Waals surface area contributed by atoms with Gasteiger partial charge in [0.1, 0.15) is 11.9 Å². The fraction of sp³-hybridized carbons (Fsp3) is 0.125. The summed E-state index contributed by atoms with van der Waals surface area (Å²) in [6.45, 7) is 1.90. The summed E-state index contributed by atoms with van der Waals surface area (Å²) in [5.41, 5.74) is -0.681. The average molecular weight is 523 g/mol. The highest BCUT2D eigenvalue weighted by Crippen LogP contribution is 2.26. The number of amides is 1. The number of aromatic nitrogens is 4. The van der Waals surface area contributed by atoms with Crippen molar-refractivity contribution in [2.45, 2.75) is 13.0 Å². The molecule has 1 unspecified atom stereocenters. The van der Waals surface area contributed by atoms with Crippen molar-refractivity contribution in [2.75, 3.05) is 12.4 Å². The number of hydrogen-bond acceptors (Lipinski definition) is 8. The highest BCUT2D eigenvalue weighted by molar-refractivity contribution is 7.12. The zero-order chi connectivity index (χ0) is 26.3. The van der Waals surface area contributed by atoms with Crippen LogP contribution in [-0.4, -0.2) is 32.6 Å². The van der Waals surface area contributed by atoms with E-state index in [9.17, 15) is 23.6 Å². The van der Waals surface area contributed by atoms with Gasteiger partial charge in [0.25, 0.3) is 11.5 Å². The summed E-state index contributed by atoms with van der Waals surface area (Å²) in [6, 6.07) is 11.0. The quantitative estimate of drug-likeness (QED) is 0.267. The Labute approximate surface area is 210 Å². The van der Waals surface area contributed by atoms with Crippen LogP contribution >= 0.6 is 11.3 Å². The summed E-state index contributed by atoms with van der Waals surface area (Å²) in [7, 11) is 1.52. The molecule has 37 heavy (non-hydrogen) atoms. The van der Waals surface area contributed by atoms with Gasteiger partial charge in [0, 0.05) is 22.4 Å². The molecule has 0 spiro atoms. The number of nitrogens with one attached hydrogen (secondary N) is 4. The van der Waals surface area contributed by atoms with Crippen LogP contribution in [0.4, 0.5) is 10.1 Å². The lowest BCUT2D eigenvalue weighted by Crippen LogP contribution is -2.34. The van der Waals surface area contributed by atoms with E-state index in [4.69, 9.17) is 0 Å². The van der Waals surface area contributed by atoms with Crippen molar-refractivity contribution < 1.29 is 13.7 Å². The lowest BCUT2D eigenvalue weighted by atomic mass is 10.1. The number of anilines is 1. The third kappa shape index (κ3) is 4.47. The number of thiophene rings is 1. The fourth-order valence-corrected chi connectivity index (χ4v) is 4.82. The Hall–Kier alpha value is -4.78. The molecule has 5 rings (SSSR count). The maximum absolute atomic E-state index is 14.3. The fourth-order valence-electron chi connectivity index (χ4n) is 3.89. The molecule has 3 aromatic heterocycles. The molecule has 11 nitrogen and oxygen atoms in total. The van der Waals surface area contributed by atoms with Crippen LogP contribution in [0.25, 0.3) is 16.6 Å². The topological polar surface area (TPSA) is 155 Å². The molecule has 13 heteroatoms. The molecule has 0 fully saturated rings. The lowest BCUT2D eigenvalue weighted by molar-refractivity contribution is 0.0941. The second-order valence-corrected chi connectivity index (χ2v) is 9.40. The molecular weight excluding hydrogens is 503 g/mol. The van der Waals surface area contributed by atoms with Crippen molar-refractivity contribution >= 4 is 33.8 Å². The van der Waals surface area contributed by atoms with Gasteiger partial charge in [-0.25, -0.2) is 18.5 Å². The number of aryl methyl sites for hydroxylation is 1. The van der Waals surface area contributed by atoms with E-state index in [1.807, 2.05) is 19.1 Å². The van der Waals surface area contributed by atoms with Crippen LogP contribution in [0.5, 0.6) is 0 Å². The first-order valence-corrected chi connectivity index (χ1v) is 11.8. The Morgan fingerprint density at radius 2 is 1.86 bits per heavy atom. The summed E-state index contributed by atoms with van der Waals surface area (Å²) >= 11 is 1.42. The van der Waals surface area contributed by atoms with Crippen molar-refractivity contribution in [1.82, 2.24) is 25.0 Å². The van der Waals surface area contributed by atoms with Crippen LogP contribution in [-0.2, 0) is 0 Å². The first-order chi connectivity index (χ1) is 17.7. The highest BCUT2D eigenvalue weighted by atomic mass is 32.1. The van der Waals surface area contributed by atoms with Gasteiger partial charge in [-0.05, 0) is 55.5 Å². The van der Waals surface area contributed by atoms with Crippen molar-refractivity contribution in [3.05, 3.63) is 107 Å². The molecule has 1 atom stereocenters. The molecule has 188 valence electrons. The van der Waals surface area contributed by atoms with E-state index in [1.165, 1.54) is 48.7 Å². The van der Waals surface area contributed by atoms with Gasteiger partial charge >= 0.3 is 11.4 Å². The number of rotatable bonds is 6. The van der Waals surface area contributed by atoms with Gasteiger partial charge in [-0.1, -0.05) is 5.16 Å². The molecule has 4 N–H and O–H groups in total. The van der Waals surface area contributed by atoms with Crippen molar-refractivity contribution in [2.24, 2.45) is 0 Å². The van der Waals surface area contributed by atoms with Gasteiger partial charge in [-0.3, -0.25) is 19.1 Å². The standard InChI is InChI=1S/C24H19FN6O5S/c1-11-3-8-18(37-11)19(20-29-24(35)36-30-20)28-21(32)12-4-6-13(7-5-12)31-22(33)14-9-15(25)17(26-2)10-16(14)27-23(31)34/h3-10,19,26H,1-2H3,(H,27,34)(H,28,32)(H,29,30,35). The Morgan fingerprint density at radius 3 is 2.49 bits per heavy atom. The van der Waals surface area contributed by atoms with Crippen LogP contribution in [0.3, 0.4) is 0 Å². The van der Waals surface area contributed by atoms with Crippen LogP contribution in [0.15, 0.2) is 67.4 Å². The summed E-state index contributed by atoms with van der Waals surface area (Å²) in [5, 5.41) is 9.17. The van der Waals surface area contributed by atoms with Gasteiger partial charge in [-0.2, -0.15) is 0 Å². The van der Waals surface area contributed by atoms with Crippen LogP contribution < -0.4 is 27.6 Å². The molecule has 3 heterocycles. The molecule has 0 radical (unpaired) electrons. The summed E-state index contributed by atoms with van der Waals surface area (Å²) in [4.78, 5) is 57.0. The Kier molecular flexibility index (Phi) is 6.05. The Morgan fingerprint density at radius 1 is 1.11 bits per heavy atom. The third-order valence-electron chi connectivity index (χ3n) is 5.69. The van der Waals surface area contributed by atoms with E-state index in [1.54, 1.807) is 0 Å². The van der Waals surface area contributed by atoms with Crippen LogP contribution in [0.1, 0.15) is 32.0 Å². The molecule has 5 aromatic rings. The summed E-state index contributed by atoms with van der Waals surface area (Å²) in [5.74, 6) is -1.74. The smallest absolute Gasteiger partial charge is 0.386 e. The zero-order valence-corrected chi connectivity index (χ0v) is 20.2. The van der Waals surface area contributed by atoms with E-state index >= 15 is 0 Å². The Balaban J connectivity index is 1.47. The number of fused-ring (bicyclic) bond motifs is 1. The molecule has 0 bridgehead atoms. The minimum atomic E-state index is -0.763. The van der Waals surface area contributed by atoms with Gasteiger partial charge in [0.15, 0.2) is 5.82 Å². The number of benzene rings is 2. The number of nitrogens with zero attached hydrogens (tertiary/aromatic N) is 2. The minimum absolute atomic E-state index is 0.00592. The van der Waals surface area contributed by atoms with Crippen molar-refractivity contribution in [3.63, 3.8) is 0 Å². The SMILES string of the molecule is CNc1cc2[nH]c(=O)n(-c3ccc(C(=O)NC(c4noc(=O)[nH]4)c4ccc(C)s4)cc3)c(=O)c2cc1F. The molecule has 2 aromatic carbocycles. The van der Waals surface area contributed by atoms with Gasteiger partial charge in [-0.15, -0.1) is 11.3 Å². The van der Waals surface area contributed by atoms with Crippen molar-refractivity contribution in [1.29, 1.82) is 0 Å². The molecule has 0 aliphatic rings. The van der Waals surface area contributed by atoms with E-state index in [-0.39, 0.29) is 33.7 Å². The number of H-pyrrole nitrogens is 2. The number of carbonyl (C=O) groups is 1. The molecular formula is C24H19FN6O5S. The average Bonchev–Trinajstić information content (AvgIpc) is 3.51. The molecule has 1 amide bonds. The predicted octanol–water partition coefficient (Wildman–Crippen LogP) is 2.43. The van der Waals surface area contributed by atoms with E-state index < -0.39 is 34.8 Å². The number of carbonyl (C=O) groups excluding carboxylic acids is 1. The lowest BCUT2D eigenvalue weighted by Gasteiger charge is -2.15. The predicted molar refractivity (Wildman–Crippen MR) is 135 cm³/mol. The second kappa shape index (κ2) is 9.35. The molecule has 0 aliphatic carbocycles. The second-order valence-electron chi connectivity index (χ2n) is 8.08. The van der Waals surface area contributed by atoms with Gasteiger partial charge in [0.05, 0.1) is 22.3 Å². The van der Waals surface area contributed by atoms with Crippen LogP contribution in [0.2, 0.25) is 0 Å². The summed E-state index contributed by atoms with van der Waals surface area (Å²) < 4.78 is 19.7. The Bertz CT molecular complexity index is 1810. The normalized spacial score (nSPS) is 12.0. The largest absolute Gasteiger partial charge is 0.438 e. The maximum atomic E-state index is 14.3. The zero-order valence-electron chi connectivity index (χ0n) is 19.4. The third-order valence-corrected chi connectivity index (χ3v) is 6.76. The highest BCUT2D eigenvalue weighted by Gasteiger charge is 2.23. The number of hydrogen-bond donors (Lipinski definition) is 4. The first kappa shape index (κ1) is 23.9. The maximum Gasteiger partial charge on any atom is 0.438 e. The van der Waals surface area contributed by atoms with Crippen LogP contribution in [0, 0.1) is 12.7 Å². The molecule has 0 saturated heterocycles. The number of halogens is 1. The minimum Gasteiger partial charge on any atom is -0.386 e. The molecule has 0 saturated carbocycles.